The van der Waals surface area contributed by atoms with E-state index < -0.39 is 0 Å². The number of likely N-dealkylation sites (N-methyl/N-ethyl adjacent to an activating group) is 1. The maximum Gasteiger partial charge on any atom is 0.0701 e. The highest BCUT2D eigenvalue weighted by molar-refractivity contribution is 9.11. The first-order valence-electron chi connectivity index (χ1n) is 6.25. The number of halogens is 1. The Morgan fingerprint density at radius 1 is 1.41 bits per heavy atom. The highest BCUT2D eigenvalue weighted by Crippen LogP contribution is 2.24. The lowest BCUT2D eigenvalue weighted by atomic mass is 9.93. The molecule has 0 radical (unpaired) electrons. The molecule has 98 valence electrons. The molecule has 4 heteroatoms. The Hall–Kier alpha value is 0.100. The first-order valence-corrected chi connectivity index (χ1v) is 7.92. The van der Waals surface area contributed by atoms with Gasteiger partial charge in [0, 0.05) is 19.1 Å². The molecule has 1 heterocycles. The van der Waals surface area contributed by atoms with Crippen LogP contribution in [0.5, 0.6) is 0 Å². The molecule has 0 spiro atoms. The summed E-state index contributed by atoms with van der Waals surface area (Å²) in [5.74, 6) is 0.701. The van der Waals surface area contributed by atoms with Crippen molar-refractivity contribution >= 4 is 27.3 Å². The van der Waals surface area contributed by atoms with Crippen LogP contribution >= 0.6 is 27.3 Å². The summed E-state index contributed by atoms with van der Waals surface area (Å²) >= 11 is 5.25. The summed E-state index contributed by atoms with van der Waals surface area (Å²) in [6, 6.07) is 2.69. The third-order valence-electron chi connectivity index (χ3n) is 3.45. The van der Waals surface area contributed by atoms with Crippen molar-refractivity contribution in [2.75, 3.05) is 13.6 Å². The van der Waals surface area contributed by atoms with Gasteiger partial charge < -0.3 is 5.73 Å². The van der Waals surface area contributed by atoms with Crippen LogP contribution in [-0.2, 0) is 6.54 Å². The zero-order valence-electron chi connectivity index (χ0n) is 10.9. The molecule has 0 bridgehead atoms. The second-order valence-electron chi connectivity index (χ2n) is 4.55. The van der Waals surface area contributed by atoms with E-state index in [2.05, 4.69) is 53.2 Å². The van der Waals surface area contributed by atoms with Crippen LogP contribution in [0.1, 0.15) is 32.3 Å². The average Bonchev–Trinajstić information content (AvgIpc) is 2.71. The molecule has 0 fully saturated rings. The molecule has 17 heavy (non-hydrogen) atoms. The van der Waals surface area contributed by atoms with Gasteiger partial charge in [-0.15, -0.1) is 11.3 Å². The fourth-order valence-corrected chi connectivity index (χ4v) is 3.60. The van der Waals surface area contributed by atoms with Gasteiger partial charge in [-0.05, 0) is 45.9 Å². The van der Waals surface area contributed by atoms with Crippen LogP contribution in [0, 0.1) is 5.92 Å². The molecule has 0 amide bonds. The Bertz CT molecular complexity index is 323. The summed E-state index contributed by atoms with van der Waals surface area (Å²) in [5, 5.41) is 2.21. The molecule has 1 aromatic heterocycles. The molecule has 1 aromatic rings. The fourth-order valence-electron chi connectivity index (χ4n) is 2.40. The minimum Gasteiger partial charge on any atom is -0.329 e. The monoisotopic (exact) mass is 318 g/mol. The van der Waals surface area contributed by atoms with Crippen molar-refractivity contribution < 1.29 is 0 Å². The van der Waals surface area contributed by atoms with Crippen LogP contribution in [0.3, 0.4) is 0 Å². The summed E-state index contributed by atoms with van der Waals surface area (Å²) < 4.78 is 1.20. The first-order chi connectivity index (χ1) is 8.12. The van der Waals surface area contributed by atoms with Crippen molar-refractivity contribution in [3.8, 4) is 0 Å². The summed E-state index contributed by atoms with van der Waals surface area (Å²) in [6.45, 7) is 6.24. The second-order valence-corrected chi connectivity index (χ2v) is 6.84. The lowest BCUT2D eigenvalue weighted by Crippen LogP contribution is -2.42. The highest BCUT2D eigenvalue weighted by atomic mass is 79.9. The maximum absolute atomic E-state index is 5.94. The molecular formula is C13H23BrN2S. The van der Waals surface area contributed by atoms with Crippen molar-refractivity contribution in [1.82, 2.24) is 4.90 Å². The fraction of sp³-hybridized carbons (Fsp3) is 0.692. The van der Waals surface area contributed by atoms with Crippen LogP contribution in [0.4, 0.5) is 0 Å². The molecule has 1 unspecified atom stereocenters. The van der Waals surface area contributed by atoms with Crippen LogP contribution in [0.2, 0.25) is 0 Å². The number of nitrogens with zero attached hydrogens (tertiary/aromatic N) is 1. The Kier molecular flexibility index (Phi) is 6.70. The highest BCUT2D eigenvalue weighted by Gasteiger charge is 2.21. The van der Waals surface area contributed by atoms with E-state index in [1.807, 2.05) is 0 Å². The average molecular weight is 319 g/mol. The molecule has 0 aromatic carbocycles. The first kappa shape index (κ1) is 15.2. The van der Waals surface area contributed by atoms with Gasteiger partial charge in [0.25, 0.3) is 0 Å². The molecule has 0 aliphatic carbocycles. The van der Waals surface area contributed by atoms with Crippen molar-refractivity contribution in [2.45, 2.75) is 39.3 Å². The van der Waals surface area contributed by atoms with E-state index in [1.54, 1.807) is 11.3 Å². The molecule has 0 aliphatic rings. The summed E-state index contributed by atoms with van der Waals surface area (Å²) in [5.41, 5.74) is 7.31. The van der Waals surface area contributed by atoms with Crippen molar-refractivity contribution in [1.29, 1.82) is 0 Å². The lowest BCUT2D eigenvalue weighted by molar-refractivity contribution is 0.165. The van der Waals surface area contributed by atoms with Gasteiger partial charge in [0.15, 0.2) is 0 Å². The number of thiophene rings is 1. The van der Waals surface area contributed by atoms with Gasteiger partial charge in [0.05, 0.1) is 3.79 Å². The molecule has 0 saturated carbocycles. The van der Waals surface area contributed by atoms with Crippen LogP contribution in [0.15, 0.2) is 15.2 Å². The molecule has 0 aliphatic heterocycles. The molecule has 2 nitrogen and oxygen atoms in total. The van der Waals surface area contributed by atoms with Crippen molar-refractivity contribution in [2.24, 2.45) is 11.7 Å². The summed E-state index contributed by atoms with van der Waals surface area (Å²) in [6.07, 6.45) is 2.41. The quantitative estimate of drug-likeness (QED) is 0.830. The molecule has 1 atom stereocenters. The van der Waals surface area contributed by atoms with Gasteiger partial charge in [-0.2, -0.15) is 0 Å². The predicted octanol–water partition coefficient (Wildman–Crippen LogP) is 3.71. The molecule has 2 N–H and O–H groups in total. The van der Waals surface area contributed by atoms with Gasteiger partial charge in [-0.3, -0.25) is 4.90 Å². The smallest absolute Gasteiger partial charge is 0.0701 e. The predicted molar refractivity (Wildman–Crippen MR) is 80.4 cm³/mol. The number of nitrogens with two attached hydrogens (primary N) is 1. The van der Waals surface area contributed by atoms with Crippen molar-refractivity contribution in [3.05, 3.63) is 20.8 Å². The third-order valence-corrected chi connectivity index (χ3v) is 5.01. The standard InChI is InChI=1S/C13H23BrN2S/c1-4-11(5-2)12(7-15)16(3)8-10-6-13(14)17-9-10/h6,9,11-12H,4-5,7-8,15H2,1-3H3. The van der Waals surface area contributed by atoms with Crippen molar-refractivity contribution in [3.63, 3.8) is 0 Å². The number of hydrogen-bond donors (Lipinski definition) is 1. The number of hydrogen-bond acceptors (Lipinski definition) is 3. The zero-order valence-corrected chi connectivity index (χ0v) is 13.4. The number of rotatable bonds is 7. The van der Waals surface area contributed by atoms with Crippen LogP contribution < -0.4 is 5.73 Å². The Morgan fingerprint density at radius 3 is 2.47 bits per heavy atom. The van der Waals surface area contributed by atoms with Crippen LogP contribution in [0.25, 0.3) is 0 Å². The van der Waals surface area contributed by atoms with E-state index >= 15 is 0 Å². The van der Waals surface area contributed by atoms with Gasteiger partial charge in [-0.25, -0.2) is 0 Å². The SMILES string of the molecule is CCC(CC)C(CN)N(C)Cc1csc(Br)c1. The molecule has 0 saturated heterocycles. The van der Waals surface area contributed by atoms with Crippen LogP contribution in [-0.4, -0.2) is 24.5 Å². The van der Waals surface area contributed by atoms with E-state index in [9.17, 15) is 0 Å². The Labute approximate surface area is 117 Å². The largest absolute Gasteiger partial charge is 0.329 e. The van der Waals surface area contributed by atoms with E-state index in [1.165, 1.54) is 22.2 Å². The summed E-state index contributed by atoms with van der Waals surface area (Å²) in [7, 11) is 2.18. The minimum atomic E-state index is 0.490. The molecule has 1 rings (SSSR count). The van der Waals surface area contributed by atoms with Gasteiger partial charge in [-0.1, -0.05) is 26.7 Å². The third kappa shape index (κ3) is 4.36. The van der Waals surface area contributed by atoms with E-state index in [-0.39, 0.29) is 0 Å². The van der Waals surface area contributed by atoms with E-state index in [4.69, 9.17) is 5.73 Å². The van der Waals surface area contributed by atoms with Gasteiger partial charge in [0.2, 0.25) is 0 Å². The Balaban J connectivity index is 2.62. The summed E-state index contributed by atoms with van der Waals surface area (Å²) in [4.78, 5) is 2.40. The van der Waals surface area contributed by atoms with Gasteiger partial charge >= 0.3 is 0 Å². The van der Waals surface area contributed by atoms with E-state index in [0.29, 0.717) is 12.0 Å². The topological polar surface area (TPSA) is 29.3 Å². The minimum absolute atomic E-state index is 0.490. The van der Waals surface area contributed by atoms with E-state index in [0.717, 1.165) is 13.1 Å². The normalized spacial score (nSPS) is 13.6. The second kappa shape index (κ2) is 7.52. The lowest BCUT2D eigenvalue weighted by Gasteiger charge is -2.32. The zero-order chi connectivity index (χ0) is 12.8. The van der Waals surface area contributed by atoms with Gasteiger partial charge in [0.1, 0.15) is 0 Å². The maximum atomic E-state index is 5.94. The molecular weight excluding hydrogens is 296 g/mol. The Morgan fingerprint density at radius 2 is 2.06 bits per heavy atom.